The number of benzene rings is 2. The molecule has 1 atom stereocenters. The Labute approximate surface area is 166 Å². The number of hydrogen-bond donors (Lipinski definition) is 2. The van der Waals surface area contributed by atoms with Crippen molar-refractivity contribution < 1.29 is 14.3 Å². The monoisotopic (exact) mass is 380 g/mol. The SMILES string of the molecule is Cc1cccc(OC(C)C(=O)Nc2cccc(NC(=O)C3CCCCC3)c2)c1. The molecule has 3 rings (SSSR count). The highest BCUT2D eigenvalue weighted by Gasteiger charge is 2.21. The standard InChI is InChI=1S/C23H28N2O3/c1-16-8-6-13-21(14-16)28-17(2)22(26)24-19-11-7-12-20(15-19)25-23(27)18-9-4-3-5-10-18/h6-8,11-15,17-18H,3-5,9-10H2,1-2H3,(H,24,26)(H,25,27). The van der Waals surface area contributed by atoms with Crippen LogP contribution in [0.15, 0.2) is 48.5 Å². The van der Waals surface area contributed by atoms with Gasteiger partial charge in [-0.1, -0.05) is 37.5 Å². The Hall–Kier alpha value is -2.82. The highest BCUT2D eigenvalue weighted by molar-refractivity contribution is 5.96. The van der Waals surface area contributed by atoms with Crippen LogP contribution in [-0.2, 0) is 9.59 Å². The second kappa shape index (κ2) is 9.40. The number of carbonyl (C=O) groups is 2. The van der Waals surface area contributed by atoms with Crippen LogP contribution in [0.25, 0.3) is 0 Å². The fourth-order valence-electron chi connectivity index (χ4n) is 3.47. The van der Waals surface area contributed by atoms with Gasteiger partial charge in [-0.15, -0.1) is 0 Å². The number of rotatable bonds is 6. The Bertz CT molecular complexity index is 828. The van der Waals surface area contributed by atoms with Gasteiger partial charge in [-0.05, 0) is 62.6 Å². The van der Waals surface area contributed by atoms with E-state index in [1.165, 1.54) is 6.42 Å². The number of carbonyl (C=O) groups excluding carboxylic acids is 2. The molecule has 5 heteroatoms. The van der Waals surface area contributed by atoms with E-state index in [9.17, 15) is 9.59 Å². The Morgan fingerprint density at radius 2 is 1.64 bits per heavy atom. The third kappa shape index (κ3) is 5.59. The molecule has 1 aliphatic carbocycles. The molecule has 0 heterocycles. The second-order valence-corrected chi connectivity index (χ2v) is 7.47. The molecule has 0 saturated heterocycles. The van der Waals surface area contributed by atoms with Crippen molar-refractivity contribution in [2.24, 2.45) is 5.92 Å². The molecule has 0 spiro atoms. The molecule has 1 aliphatic rings. The van der Waals surface area contributed by atoms with Gasteiger partial charge in [-0.25, -0.2) is 0 Å². The van der Waals surface area contributed by atoms with E-state index in [1.807, 2.05) is 43.3 Å². The molecule has 1 fully saturated rings. The summed E-state index contributed by atoms with van der Waals surface area (Å²) in [5.74, 6) is 0.586. The number of aryl methyl sites for hydroxylation is 1. The van der Waals surface area contributed by atoms with Gasteiger partial charge in [0.1, 0.15) is 5.75 Å². The quantitative estimate of drug-likeness (QED) is 0.747. The van der Waals surface area contributed by atoms with Gasteiger partial charge in [0.15, 0.2) is 6.10 Å². The van der Waals surface area contributed by atoms with E-state index in [1.54, 1.807) is 19.1 Å². The van der Waals surface area contributed by atoms with Crippen LogP contribution in [0.3, 0.4) is 0 Å². The Kier molecular flexibility index (Phi) is 6.69. The van der Waals surface area contributed by atoms with E-state index >= 15 is 0 Å². The molecule has 0 radical (unpaired) electrons. The fourth-order valence-corrected chi connectivity index (χ4v) is 3.47. The summed E-state index contributed by atoms with van der Waals surface area (Å²) in [5, 5.41) is 5.83. The van der Waals surface area contributed by atoms with Crippen LogP contribution in [0, 0.1) is 12.8 Å². The van der Waals surface area contributed by atoms with Gasteiger partial charge in [0.05, 0.1) is 0 Å². The maximum Gasteiger partial charge on any atom is 0.265 e. The summed E-state index contributed by atoms with van der Waals surface area (Å²) in [6, 6.07) is 14.8. The van der Waals surface area contributed by atoms with E-state index < -0.39 is 6.10 Å². The lowest BCUT2D eigenvalue weighted by Gasteiger charge is -2.21. The molecule has 5 nitrogen and oxygen atoms in total. The maximum absolute atomic E-state index is 12.5. The van der Waals surface area contributed by atoms with E-state index in [4.69, 9.17) is 4.74 Å². The smallest absolute Gasteiger partial charge is 0.265 e. The fraction of sp³-hybridized carbons (Fsp3) is 0.391. The van der Waals surface area contributed by atoms with Crippen molar-refractivity contribution in [2.75, 3.05) is 10.6 Å². The molecular weight excluding hydrogens is 352 g/mol. The molecule has 2 aromatic rings. The predicted octanol–water partition coefficient (Wildman–Crippen LogP) is 4.92. The molecule has 148 valence electrons. The van der Waals surface area contributed by atoms with Crippen LogP contribution < -0.4 is 15.4 Å². The van der Waals surface area contributed by atoms with Crippen molar-refractivity contribution in [3.63, 3.8) is 0 Å². The molecule has 2 amide bonds. The summed E-state index contributed by atoms with van der Waals surface area (Å²) in [5.41, 5.74) is 2.40. The van der Waals surface area contributed by atoms with Crippen molar-refractivity contribution in [2.45, 2.75) is 52.1 Å². The Morgan fingerprint density at radius 3 is 2.36 bits per heavy atom. The van der Waals surface area contributed by atoms with Crippen LogP contribution in [-0.4, -0.2) is 17.9 Å². The predicted molar refractivity (Wildman–Crippen MR) is 112 cm³/mol. The van der Waals surface area contributed by atoms with E-state index in [-0.39, 0.29) is 17.7 Å². The van der Waals surface area contributed by atoms with Crippen molar-refractivity contribution in [1.82, 2.24) is 0 Å². The van der Waals surface area contributed by atoms with Gasteiger partial charge < -0.3 is 15.4 Å². The number of anilines is 2. The second-order valence-electron chi connectivity index (χ2n) is 7.47. The van der Waals surface area contributed by atoms with E-state index in [0.29, 0.717) is 17.1 Å². The van der Waals surface area contributed by atoms with Crippen molar-refractivity contribution in [3.05, 3.63) is 54.1 Å². The lowest BCUT2D eigenvalue weighted by atomic mass is 9.88. The number of nitrogens with one attached hydrogen (secondary N) is 2. The lowest BCUT2D eigenvalue weighted by Crippen LogP contribution is -2.30. The van der Waals surface area contributed by atoms with Crippen LogP contribution in [0.4, 0.5) is 11.4 Å². The van der Waals surface area contributed by atoms with Crippen molar-refractivity contribution in [3.8, 4) is 5.75 Å². The van der Waals surface area contributed by atoms with Gasteiger partial charge in [-0.2, -0.15) is 0 Å². The Morgan fingerprint density at radius 1 is 0.964 bits per heavy atom. The molecule has 0 aliphatic heterocycles. The van der Waals surface area contributed by atoms with Gasteiger partial charge in [0, 0.05) is 17.3 Å². The first-order valence-electron chi connectivity index (χ1n) is 9.96. The third-order valence-electron chi connectivity index (χ3n) is 5.05. The normalized spacial score (nSPS) is 15.5. The van der Waals surface area contributed by atoms with Crippen molar-refractivity contribution >= 4 is 23.2 Å². The number of amides is 2. The van der Waals surface area contributed by atoms with Crippen molar-refractivity contribution in [1.29, 1.82) is 0 Å². The van der Waals surface area contributed by atoms with Crippen LogP contribution in [0.5, 0.6) is 5.75 Å². The average molecular weight is 380 g/mol. The zero-order chi connectivity index (χ0) is 19.9. The first-order chi connectivity index (χ1) is 13.5. The first-order valence-corrected chi connectivity index (χ1v) is 9.96. The number of hydrogen-bond acceptors (Lipinski definition) is 3. The largest absolute Gasteiger partial charge is 0.481 e. The summed E-state index contributed by atoms with van der Waals surface area (Å²) in [7, 11) is 0. The molecule has 1 unspecified atom stereocenters. The minimum Gasteiger partial charge on any atom is -0.481 e. The van der Waals surface area contributed by atoms with Gasteiger partial charge >= 0.3 is 0 Å². The topological polar surface area (TPSA) is 67.4 Å². The highest BCUT2D eigenvalue weighted by Crippen LogP contribution is 2.25. The van der Waals surface area contributed by atoms with E-state index in [2.05, 4.69) is 10.6 Å². The van der Waals surface area contributed by atoms with Gasteiger partial charge in [0.2, 0.25) is 5.91 Å². The molecule has 2 aromatic carbocycles. The molecule has 28 heavy (non-hydrogen) atoms. The molecule has 0 aromatic heterocycles. The maximum atomic E-state index is 12.5. The van der Waals surface area contributed by atoms with Gasteiger partial charge in [-0.3, -0.25) is 9.59 Å². The van der Waals surface area contributed by atoms with E-state index in [0.717, 1.165) is 31.2 Å². The summed E-state index contributed by atoms with van der Waals surface area (Å²) in [6.07, 6.45) is 4.72. The van der Waals surface area contributed by atoms with Gasteiger partial charge in [0.25, 0.3) is 5.91 Å². The molecule has 1 saturated carbocycles. The highest BCUT2D eigenvalue weighted by atomic mass is 16.5. The summed E-state index contributed by atoms with van der Waals surface area (Å²) in [4.78, 5) is 24.9. The first kappa shape index (κ1) is 19.9. The third-order valence-corrected chi connectivity index (χ3v) is 5.05. The zero-order valence-corrected chi connectivity index (χ0v) is 16.5. The summed E-state index contributed by atoms with van der Waals surface area (Å²) in [6.45, 7) is 3.69. The molecule has 0 bridgehead atoms. The minimum absolute atomic E-state index is 0.0688. The van der Waals surface area contributed by atoms with Crippen LogP contribution in [0.2, 0.25) is 0 Å². The van der Waals surface area contributed by atoms with Crippen LogP contribution in [0.1, 0.15) is 44.6 Å². The Balaban J connectivity index is 1.57. The minimum atomic E-state index is -0.637. The number of ether oxygens (including phenoxy) is 1. The lowest BCUT2D eigenvalue weighted by molar-refractivity contribution is -0.122. The molecular formula is C23H28N2O3. The average Bonchev–Trinajstić information content (AvgIpc) is 2.69. The summed E-state index contributed by atoms with van der Waals surface area (Å²) < 4.78 is 5.72. The molecule has 2 N–H and O–H groups in total. The zero-order valence-electron chi connectivity index (χ0n) is 16.5. The summed E-state index contributed by atoms with van der Waals surface area (Å²) >= 11 is 0. The van der Waals surface area contributed by atoms with Crippen LogP contribution >= 0.6 is 0 Å².